The van der Waals surface area contributed by atoms with Crippen LogP contribution in [0.1, 0.15) is 152 Å². The second-order valence-electron chi connectivity index (χ2n) is 35.8. The Labute approximate surface area is 853 Å². The second kappa shape index (κ2) is 50.1. The van der Waals surface area contributed by atoms with Crippen LogP contribution in [0.3, 0.4) is 0 Å². The third-order valence-corrected chi connectivity index (χ3v) is 24.6. The number of aliphatic carboxylic acids is 1. The van der Waals surface area contributed by atoms with Crippen molar-refractivity contribution in [2.24, 2.45) is 5.73 Å². The first-order valence-corrected chi connectivity index (χ1v) is 47.8. The number of likely N-dealkylation sites (tertiary alicyclic amines) is 3. The van der Waals surface area contributed by atoms with Crippen LogP contribution in [-0.2, 0) is 90.0 Å². The molecule has 772 valence electrons. The van der Waals surface area contributed by atoms with E-state index in [0.717, 1.165) is 117 Å². The second-order valence-corrected chi connectivity index (χ2v) is 37.1. The molecule has 43 heteroatoms. The number of rotatable bonds is 24. The SMILES string of the molecule is CC1(C)O[C@@H](C(=O)O)[C@H](C(=O)N2CCCC2c2cccc(Cl)c2)O1.Cc1ccn(-c2ccc(CN)cc2)n1.Cc1ccn(-c2ccc(CNC(=O)C(F)(F)F)cc2)n1.Cc1ccn(-c2ccc(CNC(=O)[C@@H]3OC(C)(C)O[C@H]3C(=O)N3CCCC3c3cccc(Cl)c3)cc2)n1.Cc1ccn(-c2ccc(CNC(=O)[C@H](O)[C@@H](O)C(=O)N3CCCC3c3cccc(Cl)c3)cc2)n1.O=C(NCc1ccc(B(O)O)cc1)C(F)(F)F. The highest BCUT2D eigenvalue weighted by atomic mass is 35.5. The van der Waals surface area contributed by atoms with Crippen molar-refractivity contribution in [3.05, 3.63) is 326 Å². The topological polar surface area (TPSA) is 430 Å². The number of carbonyl (C=O) groups excluding carboxylic acids is 7. The van der Waals surface area contributed by atoms with Crippen molar-refractivity contribution >= 4 is 94.7 Å². The van der Waals surface area contributed by atoms with Gasteiger partial charge >= 0.3 is 37.3 Å². The molecule has 0 aliphatic carbocycles. The standard InChI is InChI=1S/C28H31ClN4O4.C25H27ClN4O4.C17H20ClNO5.C13H12F3N3O.C11H13N3.C9H9BF3NO3/c1-18-13-15-33(31-18)22-11-9-19(10-12-22)17-30-26(34)24-25(37-28(2,3)36-24)27(35)32-14-5-8-23(32)20-6-4-7-21(29)16-20;1-16-11-13-30(28-16)20-9-7-17(8-10-20)15-27-24(33)22(31)23(32)25(34)29-12-3-6-21(29)18-4-2-5-19(26)14-18;1-17(2)23-13(14(24-17)16(21)22)15(20)19-8-4-7-12(19)10-5-3-6-11(18)9-10;1-9-6-7-19(18-9)11-4-2-10(3-5-11)8-17-12(20)13(14,15)16;1-9-6-7-14(13-9)11-4-2-10(8-12)3-5-11;11-9(12,13)8(15)14-5-6-1-3-7(4-2-6)10(16)17/h4,6-7,9-13,15-16,23-25H,5,8,14,17H2,1-3H3,(H,30,34);2,4-5,7-11,13-14,21-23,31-32H,3,6,12,15H2,1H3,(H,27,33);3,5-6,9,12-14H,4,7-8H2,1-2H3,(H,21,22);2-7H,8H2,1H3,(H,17,20);2-7H,8,12H2,1H3;1-4,16-17H,5H2,(H,14,15)/t23?,24-,25-;21?,22-,23-;12?,13-,14-;;;/m111.../s1. The predicted octanol–water partition coefficient (Wildman–Crippen LogP) is 13.0. The zero-order chi connectivity index (χ0) is 106. The van der Waals surface area contributed by atoms with Crippen molar-refractivity contribution in [1.29, 1.82) is 0 Å². The van der Waals surface area contributed by atoms with E-state index in [1.165, 1.54) is 29.2 Å². The van der Waals surface area contributed by atoms with E-state index in [2.05, 4.69) is 31.0 Å². The van der Waals surface area contributed by atoms with E-state index in [1.807, 2.05) is 202 Å². The van der Waals surface area contributed by atoms with E-state index in [0.29, 0.717) is 58.9 Å². The van der Waals surface area contributed by atoms with Crippen LogP contribution < -0.4 is 32.5 Å². The molecule has 0 spiro atoms. The number of ether oxygens (including phenoxy) is 4. The molecule has 5 fully saturated rings. The Morgan fingerprint density at radius 1 is 0.418 bits per heavy atom. The number of benzene rings is 8. The summed E-state index contributed by atoms with van der Waals surface area (Å²) in [6.45, 7) is 16.5. The number of alkyl halides is 6. The van der Waals surface area contributed by atoms with Crippen molar-refractivity contribution in [2.75, 3.05) is 19.6 Å². The minimum absolute atomic E-state index is 0.112. The molecule has 7 amide bonds. The zero-order valence-corrected chi connectivity index (χ0v) is 83.1. The molecule has 0 bridgehead atoms. The number of aryl methyl sites for hydroxylation is 4. The number of carboxylic acid groups (broad SMARTS) is 1. The van der Waals surface area contributed by atoms with E-state index in [9.17, 15) is 80.0 Å². The third-order valence-electron chi connectivity index (χ3n) is 23.9. The number of aliphatic hydroxyl groups is 2. The Morgan fingerprint density at radius 3 is 1.03 bits per heavy atom. The highest BCUT2D eigenvalue weighted by Crippen LogP contribution is 2.41. The Balaban J connectivity index is 0.000000161. The number of halogens is 9. The van der Waals surface area contributed by atoms with Gasteiger partial charge < -0.3 is 86.0 Å². The summed E-state index contributed by atoms with van der Waals surface area (Å²) in [5, 5.41) is 75.8. The molecule has 8 aromatic carbocycles. The van der Waals surface area contributed by atoms with Gasteiger partial charge in [0.1, 0.15) is 0 Å². The molecule has 5 saturated heterocycles. The molecule has 4 aromatic heterocycles. The number of hydrogen-bond donors (Lipinski definition) is 10. The number of carbonyl (C=O) groups is 8. The van der Waals surface area contributed by atoms with E-state index >= 15 is 0 Å². The zero-order valence-electron chi connectivity index (χ0n) is 80.8. The lowest BCUT2D eigenvalue weighted by molar-refractivity contribution is -0.173. The Kier molecular flexibility index (Phi) is 38.2. The summed E-state index contributed by atoms with van der Waals surface area (Å²) in [5.74, 6) is -9.77. The maximum absolute atomic E-state index is 13.7. The van der Waals surface area contributed by atoms with Gasteiger partial charge in [-0.25, -0.2) is 23.5 Å². The molecule has 17 rings (SSSR count). The van der Waals surface area contributed by atoms with Crippen molar-refractivity contribution in [2.45, 2.75) is 205 Å². The fourth-order valence-corrected chi connectivity index (χ4v) is 17.2. The Hall–Kier alpha value is -13.5. The van der Waals surface area contributed by atoms with Gasteiger partial charge in [-0.2, -0.15) is 46.7 Å². The first kappa shape index (κ1) is 111. The molecular formula is C103H112BCl3F6N16O17. The van der Waals surface area contributed by atoms with Gasteiger partial charge in [-0.15, -0.1) is 0 Å². The number of amides is 7. The molecule has 0 saturated carbocycles. The third kappa shape index (κ3) is 30.8. The van der Waals surface area contributed by atoms with Crippen LogP contribution in [0.5, 0.6) is 0 Å². The first-order chi connectivity index (χ1) is 69.3. The molecule has 33 nitrogen and oxygen atoms in total. The van der Waals surface area contributed by atoms with Crippen LogP contribution in [0.4, 0.5) is 26.3 Å². The summed E-state index contributed by atoms with van der Waals surface area (Å²) in [4.78, 5) is 103. The molecule has 9 heterocycles. The van der Waals surface area contributed by atoms with Crippen LogP contribution in [0.15, 0.2) is 243 Å². The van der Waals surface area contributed by atoms with E-state index in [1.54, 1.807) is 112 Å². The molecule has 12 aromatic rings. The van der Waals surface area contributed by atoms with Crippen molar-refractivity contribution in [3.8, 4) is 22.7 Å². The Bertz CT molecular complexity index is 6460. The van der Waals surface area contributed by atoms with Gasteiger partial charge in [-0.1, -0.05) is 144 Å². The molecule has 5 aliphatic rings. The lowest BCUT2D eigenvalue weighted by Gasteiger charge is -2.28. The number of aliphatic hydroxyl groups excluding tert-OH is 2. The number of hydrogen-bond acceptors (Lipinski definition) is 21. The molecule has 11 N–H and O–H groups in total. The number of aromatic nitrogens is 8. The van der Waals surface area contributed by atoms with Crippen LogP contribution in [-0.4, -0.2) is 214 Å². The summed E-state index contributed by atoms with van der Waals surface area (Å²) in [7, 11) is -1.63. The average Bonchev–Trinajstić information content (AvgIpc) is 1.58. The number of nitrogens with two attached hydrogens (primary N) is 1. The van der Waals surface area contributed by atoms with Gasteiger partial charge in [0.25, 0.3) is 29.5 Å². The first-order valence-electron chi connectivity index (χ1n) is 46.6. The van der Waals surface area contributed by atoms with Crippen molar-refractivity contribution < 1.29 is 109 Å². The fourth-order valence-electron chi connectivity index (χ4n) is 16.6. The summed E-state index contributed by atoms with van der Waals surface area (Å²) in [6, 6.07) is 64.8. The number of nitrogens with one attached hydrogen (secondary N) is 4. The fraction of sp³-hybridized carbons (Fsp3) is 0.340. The van der Waals surface area contributed by atoms with E-state index < -0.39 is 97.3 Å². The molecule has 9 atom stereocenters. The monoisotopic (exact) mass is 2070 g/mol. The molecule has 146 heavy (non-hydrogen) atoms. The predicted molar refractivity (Wildman–Crippen MR) is 530 cm³/mol. The smallest absolute Gasteiger partial charge is 0.479 e. The molecular weight excluding hydrogens is 1960 g/mol. The summed E-state index contributed by atoms with van der Waals surface area (Å²) < 4.78 is 101. The molecule has 5 aliphatic heterocycles. The normalized spacial score (nSPS) is 18.5. The number of nitrogens with zero attached hydrogens (tertiary/aromatic N) is 11. The van der Waals surface area contributed by atoms with Crippen LogP contribution in [0, 0.1) is 27.7 Å². The summed E-state index contributed by atoms with van der Waals surface area (Å²) in [6.07, 6.45) is -5.68. The van der Waals surface area contributed by atoms with E-state index in [-0.39, 0.29) is 60.9 Å². The van der Waals surface area contributed by atoms with Gasteiger partial charge in [-0.3, -0.25) is 33.6 Å². The highest BCUT2D eigenvalue weighted by molar-refractivity contribution is 6.58. The molecule has 0 radical (unpaired) electrons. The lowest BCUT2D eigenvalue weighted by Crippen LogP contribution is -2.50. The van der Waals surface area contributed by atoms with Gasteiger partial charge in [0.2, 0.25) is 0 Å². The summed E-state index contributed by atoms with van der Waals surface area (Å²) in [5.41, 5.74) is 19.8. The largest absolute Gasteiger partial charge is 0.488 e. The minimum Gasteiger partial charge on any atom is -0.479 e. The van der Waals surface area contributed by atoms with Gasteiger partial charge in [0.05, 0.1) is 63.7 Å². The quantitative estimate of drug-likeness (QED) is 0.0198. The highest BCUT2D eigenvalue weighted by Gasteiger charge is 2.54. The number of carboxylic acids is 1. The Morgan fingerprint density at radius 2 is 0.719 bits per heavy atom. The van der Waals surface area contributed by atoms with Crippen LogP contribution >= 0.6 is 34.8 Å². The summed E-state index contributed by atoms with van der Waals surface area (Å²) >= 11 is 18.3. The molecule has 3 unspecified atom stereocenters. The van der Waals surface area contributed by atoms with Crippen molar-refractivity contribution in [1.82, 2.24) is 75.1 Å². The lowest BCUT2D eigenvalue weighted by atomic mass is 9.80. The maximum Gasteiger partial charge on any atom is 0.488 e. The maximum atomic E-state index is 13.7. The average molecular weight is 2080 g/mol. The van der Waals surface area contributed by atoms with Gasteiger partial charge in [-0.05, 0) is 253 Å². The van der Waals surface area contributed by atoms with E-state index in [4.69, 9.17) is 69.5 Å². The van der Waals surface area contributed by atoms with Crippen molar-refractivity contribution in [3.63, 3.8) is 0 Å². The van der Waals surface area contributed by atoms with Crippen LogP contribution in [0.25, 0.3) is 22.7 Å². The van der Waals surface area contributed by atoms with Crippen LogP contribution in [0.2, 0.25) is 15.1 Å². The van der Waals surface area contributed by atoms with Gasteiger partial charge in [0.15, 0.2) is 48.2 Å². The van der Waals surface area contributed by atoms with Gasteiger partial charge in [0, 0.05) is 92.2 Å². The minimum atomic E-state index is -4.90.